The van der Waals surface area contributed by atoms with Crippen LogP contribution in [0.4, 0.5) is 0 Å². The third-order valence-corrected chi connectivity index (χ3v) is 2.34. The van der Waals surface area contributed by atoms with Crippen molar-refractivity contribution in [1.29, 1.82) is 0 Å². The summed E-state index contributed by atoms with van der Waals surface area (Å²) in [6.45, 7) is 0. The minimum Gasteiger partial charge on any atom is -0.507 e. The van der Waals surface area contributed by atoms with Crippen molar-refractivity contribution in [2.75, 3.05) is 0 Å². The molecule has 0 spiro atoms. The Morgan fingerprint density at radius 1 is 1.23 bits per heavy atom. The van der Waals surface area contributed by atoms with E-state index < -0.39 is 3.79 Å². The molecular formula is C7H5Cl3NaOS+. The van der Waals surface area contributed by atoms with Crippen LogP contribution in [-0.2, 0) is 3.79 Å². The number of halogens is 3. The first kappa shape index (κ1) is 14.2. The molecule has 0 amide bonds. The Kier molecular flexibility index (Phi) is 5.87. The molecule has 0 aliphatic carbocycles. The van der Waals surface area contributed by atoms with Gasteiger partial charge in [-0.1, -0.05) is 40.9 Å². The number of benzene rings is 1. The number of alkyl halides is 3. The molecule has 1 aromatic carbocycles. The number of hydrogen-bond acceptors (Lipinski definition) is 2. The fourth-order valence-corrected chi connectivity index (χ4v) is 1.19. The van der Waals surface area contributed by atoms with Gasteiger partial charge >= 0.3 is 29.6 Å². The zero-order chi connectivity index (χ0) is 9.35. The Morgan fingerprint density at radius 2 is 1.77 bits per heavy atom. The van der Waals surface area contributed by atoms with Gasteiger partial charge in [-0.15, -0.1) is 12.6 Å². The van der Waals surface area contributed by atoms with Crippen molar-refractivity contribution in [1.82, 2.24) is 0 Å². The minimum atomic E-state index is -1.50. The van der Waals surface area contributed by atoms with Crippen LogP contribution in [0.5, 0.6) is 5.75 Å². The van der Waals surface area contributed by atoms with Crippen molar-refractivity contribution in [3.63, 3.8) is 0 Å². The number of aromatic hydroxyl groups is 1. The molecule has 66 valence electrons. The first-order valence-corrected chi connectivity index (χ1v) is 4.58. The second kappa shape index (κ2) is 5.36. The molecule has 0 bridgehead atoms. The Hall–Kier alpha value is 1.24. The monoisotopic (exact) mass is 265 g/mol. The van der Waals surface area contributed by atoms with Gasteiger partial charge in [-0.2, -0.15) is 0 Å². The minimum absolute atomic E-state index is 0. The van der Waals surface area contributed by atoms with Crippen LogP contribution in [0.3, 0.4) is 0 Å². The molecule has 0 heterocycles. The molecule has 0 saturated heterocycles. The summed E-state index contributed by atoms with van der Waals surface area (Å²) >= 11 is 20.7. The van der Waals surface area contributed by atoms with E-state index in [1.54, 1.807) is 12.1 Å². The van der Waals surface area contributed by atoms with Crippen LogP contribution >= 0.6 is 47.4 Å². The van der Waals surface area contributed by atoms with E-state index in [2.05, 4.69) is 12.6 Å². The quantitative estimate of drug-likeness (QED) is 0.398. The summed E-state index contributed by atoms with van der Waals surface area (Å²) in [5.41, 5.74) is 0.419. The molecule has 0 fully saturated rings. The Morgan fingerprint density at radius 3 is 2.15 bits per heavy atom. The topological polar surface area (TPSA) is 20.2 Å². The normalized spacial score (nSPS) is 10.8. The van der Waals surface area contributed by atoms with Crippen LogP contribution in [0, 0.1) is 0 Å². The fourth-order valence-electron chi connectivity index (χ4n) is 0.700. The van der Waals surface area contributed by atoms with Gasteiger partial charge in [0.05, 0.1) is 0 Å². The average Bonchev–Trinajstić information content (AvgIpc) is 1.92. The summed E-state index contributed by atoms with van der Waals surface area (Å²) < 4.78 is -1.50. The van der Waals surface area contributed by atoms with Crippen molar-refractivity contribution in [2.45, 2.75) is 8.69 Å². The van der Waals surface area contributed by atoms with Crippen LogP contribution < -0.4 is 29.6 Å². The number of phenolic OH excluding ortho intramolecular Hbond substituents is 1. The average molecular weight is 267 g/mol. The van der Waals surface area contributed by atoms with Gasteiger partial charge in [0.15, 0.2) is 0 Å². The predicted molar refractivity (Wildman–Crippen MR) is 54.6 cm³/mol. The van der Waals surface area contributed by atoms with Gasteiger partial charge in [0.25, 0.3) is 0 Å². The molecule has 0 atom stereocenters. The van der Waals surface area contributed by atoms with E-state index in [0.29, 0.717) is 10.5 Å². The molecule has 0 aliphatic heterocycles. The molecule has 0 radical (unpaired) electrons. The summed E-state index contributed by atoms with van der Waals surface area (Å²) in [5.74, 6) is 0.00200. The second-order valence-electron chi connectivity index (χ2n) is 2.20. The van der Waals surface area contributed by atoms with Gasteiger partial charge < -0.3 is 5.11 Å². The van der Waals surface area contributed by atoms with Crippen LogP contribution in [0.25, 0.3) is 0 Å². The molecule has 1 N–H and O–H groups in total. The molecule has 1 rings (SSSR count). The summed E-state index contributed by atoms with van der Waals surface area (Å²) in [5, 5.41) is 9.21. The Bertz CT molecular complexity index is 300. The first-order valence-electron chi connectivity index (χ1n) is 3.00. The summed E-state index contributed by atoms with van der Waals surface area (Å²) in [4.78, 5) is 0.452. The van der Waals surface area contributed by atoms with Crippen molar-refractivity contribution < 1.29 is 34.7 Å². The van der Waals surface area contributed by atoms with E-state index in [9.17, 15) is 5.11 Å². The standard InChI is InChI=1S/C7H5Cl3OS.Na/c8-7(9,10)4-1-2-6(12)5(11)3-4;/h1-3,11-12H;/q;+1. The van der Waals surface area contributed by atoms with Gasteiger partial charge in [0, 0.05) is 10.5 Å². The fraction of sp³-hybridized carbons (Fsp3) is 0.143. The Labute approximate surface area is 119 Å². The summed E-state index contributed by atoms with van der Waals surface area (Å²) in [6, 6.07) is 4.53. The van der Waals surface area contributed by atoms with Gasteiger partial charge in [-0.05, 0) is 12.1 Å². The van der Waals surface area contributed by atoms with Crippen molar-refractivity contribution in [3.05, 3.63) is 23.8 Å². The van der Waals surface area contributed by atoms with Crippen LogP contribution in [-0.4, -0.2) is 5.11 Å². The number of rotatable bonds is 0. The summed E-state index contributed by atoms with van der Waals surface area (Å²) in [6.07, 6.45) is 0. The zero-order valence-corrected chi connectivity index (χ0v) is 11.9. The molecule has 0 saturated carbocycles. The predicted octanol–water partition coefficient (Wildman–Crippen LogP) is 0.512. The third-order valence-electron chi connectivity index (χ3n) is 1.30. The molecule has 6 heteroatoms. The van der Waals surface area contributed by atoms with Crippen LogP contribution in [0.1, 0.15) is 5.56 Å². The summed E-state index contributed by atoms with van der Waals surface area (Å²) in [7, 11) is 0. The van der Waals surface area contributed by atoms with Crippen molar-refractivity contribution >= 4 is 47.4 Å². The Balaban J connectivity index is 0.00000144. The second-order valence-corrected chi connectivity index (χ2v) is 4.96. The number of hydrogen-bond donors (Lipinski definition) is 2. The maximum atomic E-state index is 9.21. The maximum absolute atomic E-state index is 9.21. The van der Waals surface area contributed by atoms with E-state index in [-0.39, 0.29) is 35.3 Å². The zero-order valence-electron chi connectivity index (χ0n) is 6.76. The molecule has 1 nitrogen and oxygen atoms in total. The van der Waals surface area contributed by atoms with E-state index in [0.717, 1.165) is 0 Å². The van der Waals surface area contributed by atoms with Gasteiger partial charge in [0.1, 0.15) is 5.75 Å². The van der Waals surface area contributed by atoms with Gasteiger partial charge in [-0.25, -0.2) is 0 Å². The number of thiol groups is 1. The molecule has 0 unspecified atom stereocenters. The molecule has 13 heavy (non-hydrogen) atoms. The molecule has 0 aliphatic rings. The first-order chi connectivity index (χ1) is 5.41. The van der Waals surface area contributed by atoms with Gasteiger partial charge in [-0.3, -0.25) is 0 Å². The maximum Gasteiger partial charge on any atom is 1.00 e. The van der Waals surface area contributed by atoms with Crippen LogP contribution in [0.2, 0.25) is 0 Å². The largest absolute Gasteiger partial charge is 1.00 e. The van der Waals surface area contributed by atoms with E-state index >= 15 is 0 Å². The number of phenols is 1. The van der Waals surface area contributed by atoms with E-state index in [1.165, 1.54) is 6.07 Å². The third kappa shape index (κ3) is 4.08. The van der Waals surface area contributed by atoms with Gasteiger partial charge in [0.2, 0.25) is 3.79 Å². The molecule has 0 aromatic heterocycles. The SMILES string of the molecule is Oc1cc(C(Cl)(Cl)Cl)ccc1S.[Na+]. The molecule has 1 aromatic rings. The van der Waals surface area contributed by atoms with E-state index in [4.69, 9.17) is 34.8 Å². The van der Waals surface area contributed by atoms with Crippen molar-refractivity contribution in [2.24, 2.45) is 0 Å². The van der Waals surface area contributed by atoms with Crippen molar-refractivity contribution in [3.8, 4) is 5.75 Å². The van der Waals surface area contributed by atoms with E-state index in [1.807, 2.05) is 0 Å². The molecular weight excluding hydrogens is 261 g/mol. The van der Waals surface area contributed by atoms with Crippen LogP contribution in [0.15, 0.2) is 23.1 Å². The smallest absolute Gasteiger partial charge is 0.507 e.